The molecular formula is C9H9ClN2O. The number of halogens is 1. The first-order valence-corrected chi connectivity index (χ1v) is 4.57. The van der Waals surface area contributed by atoms with E-state index in [0.29, 0.717) is 11.1 Å². The van der Waals surface area contributed by atoms with E-state index in [1.165, 1.54) is 5.01 Å². The second kappa shape index (κ2) is 3.34. The number of rotatable bonds is 3. The summed E-state index contributed by atoms with van der Waals surface area (Å²) in [6, 6.07) is 7.44. The zero-order valence-corrected chi connectivity index (χ0v) is 7.74. The normalized spacial score (nSPS) is 15.5. The zero-order chi connectivity index (χ0) is 9.26. The van der Waals surface area contributed by atoms with Gasteiger partial charge in [0.05, 0.1) is 17.0 Å². The Morgan fingerprint density at radius 3 is 2.38 bits per heavy atom. The van der Waals surface area contributed by atoms with Gasteiger partial charge in [-0.2, -0.15) is 0 Å². The number of benzene rings is 1. The van der Waals surface area contributed by atoms with Crippen LogP contribution in [0.3, 0.4) is 0 Å². The third-order valence-corrected chi connectivity index (χ3v) is 2.32. The molecule has 13 heavy (non-hydrogen) atoms. The summed E-state index contributed by atoms with van der Waals surface area (Å²) in [6.07, 6.45) is 2.10. The van der Waals surface area contributed by atoms with Gasteiger partial charge in [-0.25, -0.2) is 5.01 Å². The summed E-state index contributed by atoms with van der Waals surface area (Å²) in [5.74, 6) is 0. The van der Waals surface area contributed by atoms with Crippen molar-refractivity contribution in [1.82, 2.24) is 0 Å². The minimum absolute atomic E-state index is 0.304. The highest BCUT2D eigenvalue weighted by molar-refractivity contribution is 6.30. The molecule has 0 saturated heterocycles. The van der Waals surface area contributed by atoms with Gasteiger partial charge < -0.3 is 0 Å². The molecule has 1 aromatic carbocycles. The minimum atomic E-state index is 0.304. The van der Waals surface area contributed by atoms with E-state index in [-0.39, 0.29) is 0 Å². The van der Waals surface area contributed by atoms with Crippen LogP contribution in [-0.4, -0.2) is 6.04 Å². The topological polar surface area (TPSA) is 32.7 Å². The summed E-state index contributed by atoms with van der Waals surface area (Å²) in [7, 11) is 0. The Hall–Kier alpha value is -1.09. The Bertz CT molecular complexity index is 308. The van der Waals surface area contributed by atoms with Crippen molar-refractivity contribution in [3.05, 3.63) is 34.2 Å². The maximum absolute atomic E-state index is 10.5. The van der Waals surface area contributed by atoms with Gasteiger partial charge in [-0.15, -0.1) is 4.91 Å². The lowest BCUT2D eigenvalue weighted by Gasteiger charge is -2.13. The summed E-state index contributed by atoms with van der Waals surface area (Å²) in [4.78, 5) is 10.5. The highest BCUT2D eigenvalue weighted by Crippen LogP contribution is 2.32. The Morgan fingerprint density at radius 1 is 1.31 bits per heavy atom. The standard InChI is InChI=1S/C9H9ClN2O/c10-7-1-3-8(4-2-7)12(11-13)9-5-6-9/h1-4,9H,5-6H2. The van der Waals surface area contributed by atoms with E-state index >= 15 is 0 Å². The van der Waals surface area contributed by atoms with E-state index in [4.69, 9.17) is 11.6 Å². The van der Waals surface area contributed by atoms with Crippen molar-refractivity contribution in [2.75, 3.05) is 5.01 Å². The van der Waals surface area contributed by atoms with Gasteiger partial charge >= 0.3 is 0 Å². The lowest BCUT2D eigenvalue weighted by Crippen LogP contribution is -2.17. The smallest absolute Gasteiger partial charge is 0.0630 e. The van der Waals surface area contributed by atoms with Crippen LogP contribution >= 0.6 is 11.6 Å². The van der Waals surface area contributed by atoms with Gasteiger partial charge in [0, 0.05) is 5.02 Å². The van der Waals surface area contributed by atoms with Crippen molar-refractivity contribution in [1.29, 1.82) is 0 Å². The van der Waals surface area contributed by atoms with Gasteiger partial charge in [0.2, 0.25) is 0 Å². The molecule has 1 aliphatic rings. The van der Waals surface area contributed by atoms with E-state index < -0.39 is 0 Å². The quantitative estimate of drug-likeness (QED) is 0.550. The Morgan fingerprint density at radius 2 is 1.92 bits per heavy atom. The molecule has 1 aromatic rings. The van der Waals surface area contributed by atoms with Crippen LogP contribution in [0.15, 0.2) is 29.6 Å². The minimum Gasteiger partial charge on any atom is -0.226 e. The van der Waals surface area contributed by atoms with E-state index in [1.807, 2.05) is 12.1 Å². The van der Waals surface area contributed by atoms with Crippen LogP contribution in [-0.2, 0) is 0 Å². The molecule has 0 heterocycles. The van der Waals surface area contributed by atoms with Crippen molar-refractivity contribution in [2.45, 2.75) is 18.9 Å². The van der Waals surface area contributed by atoms with Crippen LogP contribution in [0.4, 0.5) is 5.69 Å². The highest BCUT2D eigenvalue weighted by Gasteiger charge is 2.30. The third kappa shape index (κ3) is 1.80. The van der Waals surface area contributed by atoms with E-state index in [0.717, 1.165) is 18.5 Å². The SMILES string of the molecule is O=NN(c1ccc(Cl)cc1)C1CC1. The van der Waals surface area contributed by atoms with E-state index in [2.05, 4.69) is 5.29 Å². The lowest BCUT2D eigenvalue weighted by molar-refractivity contribution is 0.841. The Balaban J connectivity index is 2.21. The van der Waals surface area contributed by atoms with Gasteiger partial charge in [-0.05, 0) is 37.1 Å². The molecule has 0 amide bonds. The fraction of sp³-hybridized carbons (Fsp3) is 0.333. The molecule has 3 nitrogen and oxygen atoms in total. The van der Waals surface area contributed by atoms with Crippen molar-refractivity contribution in [2.24, 2.45) is 5.29 Å². The number of anilines is 1. The monoisotopic (exact) mass is 196 g/mol. The predicted molar refractivity (Wildman–Crippen MR) is 52.7 cm³/mol. The molecule has 0 N–H and O–H groups in total. The first-order valence-electron chi connectivity index (χ1n) is 4.19. The third-order valence-electron chi connectivity index (χ3n) is 2.07. The van der Waals surface area contributed by atoms with Gasteiger partial charge in [0.25, 0.3) is 0 Å². The molecule has 1 saturated carbocycles. The van der Waals surface area contributed by atoms with E-state index in [1.54, 1.807) is 12.1 Å². The summed E-state index contributed by atoms with van der Waals surface area (Å²) < 4.78 is 0. The van der Waals surface area contributed by atoms with Crippen LogP contribution in [0.1, 0.15) is 12.8 Å². The van der Waals surface area contributed by atoms with Crippen LogP contribution < -0.4 is 5.01 Å². The number of nitrogens with zero attached hydrogens (tertiary/aromatic N) is 2. The molecular weight excluding hydrogens is 188 g/mol. The first kappa shape index (κ1) is 8.51. The number of hydrogen-bond donors (Lipinski definition) is 0. The summed E-state index contributed by atoms with van der Waals surface area (Å²) in [5, 5.41) is 5.17. The van der Waals surface area contributed by atoms with Crippen molar-refractivity contribution in [3.63, 3.8) is 0 Å². The molecule has 0 aromatic heterocycles. The second-order valence-corrected chi connectivity index (χ2v) is 3.57. The van der Waals surface area contributed by atoms with Gasteiger partial charge in [-0.1, -0.05) is 11.6 Å². The second-order valence-electron chi connectivity index (χ2n) is 3.13. The Labute approximate surface area is 81.2 Å². The molecule has 4 heteroatoms. The largest absolute Gasteiger partial charge is 0.226 e. The average Bonchev–Trinajstić information content (AvgIpc) is 2.93. The first-order chi connectivity index (χ1) is 6.31. The Kier molecular flexibility index (Phi) is 2.19. The van der Waals surface area contributed by atoms with Gasteiger partial charge in [0.15, 0.2) is 0 Å². The average molecular weight is 197 g/mol. The number of nitroso groups, excluding NO2 is 1. The number of hydrogen-bond acceptors (Lipinski definition) is 2. The lowest BCUT2D eigenvalue weighted by atomic mass is 10.3. The van der Waals surface area contributed by atoms with Crippen molar-refractivity contribution in [3.8, 4) is 0 Å². The van der Waals surface area contributed by atoms with Crippen LogP contribution in [0.5, 0.6) is 0 Å². The molecule has 0 spiro atoms. The predicted octanol–water partition coefficient (Wildman–Crippen LogP) is 2.99. The molecule has 0 unspecified atom stereocenters. The molecule has 0 atom stereocenters. The van der Waals surface area contributed by atoms with Crippen LogP contribution in [0, 0.1) is 4.91 Å². The van der Waals surface area contributed by atoms with E-state index in [9.17, 15) is 4.91 Å². The molecule has 0 bridgehead atoms. The maximum atomic E-state index is 10.5. The van der Waals surface area contributed by atoms with Crippen LogP contribution in [0.2, 0.25) is 5.02 Å². The van der Waals surface area contributed by atoms with Crippen LogP contribution in [0.25, 0.3) is 0 Å². The zero-order valence-electron chi connectivity index (χ0n) is 6.98. The molecule has 0 aliphatic heterocycles. The fourth-order valence-corrected chi connectivity index (χ4v) is 1.36. The van der Waals surface area contributed by atoms with Gasteiger partial charge in [-0.3, -0.25) is 0 Å². The molecule has 1 aliphatic carbocycles. The maximum Gasteiger partial charge on any atom is 0.0630 e. The van der Waals surface area contributed by atoms with Crippen molar-refractivity contribution < 1.29 is 0 Å². The molecule has 1 fully saturated rings. The molecule has 68 valence electrons. The summed E-state index contributed by atoms with van der Waals surface area (Å²) in [6.45, 7) is 0. The highest BCUT2D eigenvalue weighted by atomic mass is 35.5. The van der Waals surface area contributed by atoms with Gasteiger partial charge in [0.1, 0.15) is 0 Å². The summed E-state index contributed by atoms with van der Waals surface area (Å²) in [5.41, 5.74) is 0.821. The van der Waals surface area contributed by atoms with Crippen molar-refractivity contribution >= 4 is 17.3 Å². The summed E-state index contributed by atoms with van der Waals surface area (Å²) >= 11 is 5.73. The fourth-order valence-electron chi connectivity index (χ4n) is 1.24. The molecule has 2 rings (SSSR count). The molecule has 0 radical (unpaired) electrons.